The average Bonchev–Trinajstić information content (AvgIpc) is 2.56. The van der Waals surface area contributed by atoms with Crippen molar-refractivity contribution in [2.45, 2.75) is 25.8 Å². The van der Waals surface area contributed by atoms with E-state index < -0.39 is 0 Å². The molecular formula is C19H22N2O2. The van der Waals surface area contributed by atoms with Crippen LogP contribution in [0.25, 0.3) is 0 Å². The molecule has 0 unspecified atom stereocenters. The molecule has 0 bridgehead atoms. The summed E-state index contributed by atoms with van der Waals surface area (Å²) in [5.41, 5.74) is 0.773. The van der Waals surface area contributed by atoms with Crippen molar-refractivity contribution < 1.29 is 9.53 Å². The predicted molar refractivity (Wildman–Crippen MR) is 91.8 cm³/mol. The second-order valence-corrected chi connectivity index (χ2v) is 6.01. The van der Waals surface area contributed by atoms with Crippen LogP contribution in [0.3, 0.4) is 0 Å². The van der Waals surface area contributed by atoms with Gasteiger partial charge in [0.1, 0.15) is 11.5 Å². The zero-order chi connectivity index (χ0) is 16.1. The third-order valence-electron chi connectivity index (χ3n) is 4.07. The summed E-state index contributed by atoms with van der Waals surface area (Å²) in [6.45, 7) is 3.02. The molecular weight excluding hydrogens is 288 g/mol. The van der Waals surface area contributed by atoms with E-state index >= 15 is 0 Å². The van der Waals surface area contributed by atoms with Crippen LogP contribution < -0.4 is 15.4 Å². The molecule has 2 aromatic carbocycles. The van der Waals surface area contributed by atoms with Gasteiger partial charge in [-0.05, 0) is 50.6 Å². The molecule has 120 valence electrons. The molecule has 2 aromatic rings. The number of amides is 1. The number of benzene rings is 2. The lowest BCUT2D eigenvalue weighted by molar-refractivity contribution is -0.120. The van der Waals surface area contributed by atoms with E-state index in [9.17, 15) is 4.79 Å². The van der Waals surface area contributed by atoms with Crippen molar-refractivity contribution in [3.8, 4) is 11.5 Å². The molecule has 1 fully saturated rings. The summed E-state index contributed by atoms with van der Waals surface area (Å²) in [6.07, 6.45) is 1.77. The Labute approximate surface area is 136 Å². The predicted octanol–water partition coefficient (Wildman–Crippen LogP) is 3.81. The number of hydrogen-bond acceptors (Lipinski definition) is 3. The Morgan fingerprint density at radius 1 is 1.13 bits per heavy atom. The number of para-hydroxylation sites is 1. The van der Waals surface area contributed by atoms with Crippen molar-refractivity contribution in [3.05, 3.63) is 54.6 Å². The third-order valence-corrected chi connectivity index (χ3v) is 4.07. The number of ether oxygens (including phenoxy) is 1. The minimum Gasteiger partial charge on any atom is -0.457 e. The summed E-state index contributed by atoms with van der Waals surface area (Å²) in [4.78, 5) is 12.4. The van der Waals surface area contributed by atoms with E-state index in [0.717, 1.165) is 30.8 Å². The Bertz CT molecular complexity index is 657. The summed E-state index contributed by atoms with van der Waals surface area (Å²) in [6, 6.07) is 17.5. The number of piperidine rings is 1. The highest BCUT2D eigenvalue weighted by molar-refractivity contribution is 5.92. The molecule has 0 aliphatic carbocycles. The Balaban J connectivity index is 1.64. The smallest absolute Gasteiger partial charge is 0.227 e. The molecule has 1 amide bonds. The lowest BCUT2D eigenvalue weighted by atomic mass is 9.92. The quantitative estimate of drug-likeness (QED) is 0.903. The van der Waals surface area contributed by atoms with E-state index in [4.69, 9.17) is 4.74 Å². The van der Waals surface area contributed by atoms with E-state index in [1.807, 2.05) is 54.6 Å². The number of carbonyl (C=O) groups excluding carboxylic acids is 1. The maximum atomic E-state index is 12.4. The Morgan fingerprint density at radius 2 is 1.91 bits per heavy atom. The van der Waals surface area contributed by atoms with Gasteiger partial charge in [-0.15, -0.1) is 0 Å². The van der Waals surface area contributed by atoms with Crippen LogP contribution in [-0.4, -0.2) is 18.5 Å². The minimum absolute atomic E-state index is 0.0740. The van der Waals surface area contributed by atoms with Gasteiger partial charge in [-0.25, -0.2) is 0 Å². The summed E-state index contributed by atoms with van der Waals surface area (Å²) in [7, 11) is 0. The van der Waals surface area contributed by atoms with E-state index in [0.29, 0.717) is 11.8 Å². The minimum atomic E-state index is 0.0740. The molecule has 0 aromatic heterocycles. The number of anilines is 1. The number of rotatable bonds is 4. The molecule has 3 rings (SSSR count). The van der Waals surface area contributed by atoms with Crippen molar-refractivity contribution in [3.63, 3.8) is 0 Å². The number of hydrogen-bond donors (Lipinski definition) is 2. The lowest BCUT2D eigenvalue weighted by Gasteiger charge is -2.27. The molecule has 0 radical (unpaired) electrons. The molecule has 4 nitrogen and oxygen atoms in total. The maximum Gasteiger partial charge on any atom is 0.227 e. The van der Waals surface area contributed by atoms with Crippen LogP contribution in [0.5, 0.6) is 11.5 Å². The van der Waals surface area contributed by atoms with E-state index in [2.05, 4.69) is 17.6 Å². The van der Waals surface area contributed by atoms with Crippen LogP contribution in [0.2, 0.25) is 0 Å². The molecule has 23 heavy (non-hydrogen) atoms. The van der Waals surface area contributed by atoms with Crippen LogP contribution >= 0.6 is 0 Å². The second kappa shape index (κ2) is 7.29. The van der Waals surface area contributed by atoms with Crippen molar-refractivity contribution >= 4 is 11.6 Å². The highest BCUT2D eigenvalue weighted by atomic mass is 16.5. The molecule has 1 aliphatic rings. The van der Waals surface area contributed by atoms with Gasteiger partial charge in [0.25, 0.3) is 0 Å². The summed E-state index contributed by atoms with van der Waals surface area (Å²) < 4.78 is 5.80. The molecule has 4 heteroatoms. The van der Waals surface area contributed by atoms with Gasteiger partial charge in [-0.1, -0.05) is 24.3 Å². The second-order valence-electron chi connectivity index (χ2n) is 6.01. The van der Waals surface area contributed by atoms with Gasteiger partial charge >= 0.3 is 0 Å². The summed E-state index contributed by atoms with van der Waals surface area (Å²) in [5, 5.41) is 6.38. The molecule has 0 saturated carbocycles. The van der Waals surface area contributed by atoms with Crippen LogP contribution in [0.15, 0.2) is 54.6 Å². The first-order chi connectivity index (χ1) is 11.2. The van der Waals surface area contributed by atoms with Crippen LogP contribution in [-0.2, 0) is 4.79 Å². The van der Waals surface area contributed by atoms with Gasteiger partial charge in [0.15, 0.2) is 0 Å². The van der Waals surface area contributed by atoms with Crippen molar-refractivity contribution in [2.75, 3.05) is 11.9 Å². The fourth-order valence-corrected chi connectivity index (χ4v) is 2.88. The Morgan fingerprint density at radius 3 is 2.70 bits per heavy atom. The average molecular weight is 310 g/mol. The lowest BCUT2D eigenvalue weighted by Crippen LogP contribution is -2.40. The Hall–Kier alpha value is -2.33. The zero-order valence-electron chi connectivity index (χ0n) is 13.3. The maximum absolute atomic E-state index is 12.4. The van der Waals surface area contributed by atoms with Gasteiger partial charge in [-0.2, -0.15) is 0 Å². The van der Waals surface area contributed by atoms with Crippen molar-refractivity contribution in [1.29, 1.82) is 0 Å². The van der Waals surface area contributed by atoms with E-state index in [1.165, 1.54) is 0 Å². The summed E-state index contributed by atoms with van der Waals surface area (Å²) >= 11 is 0. The molecule has 2 atom stereocenters. The fourth-order valence-electron chi connectivity index (χ4n) is 2.88. The fraction of sp³-hybridized carbons (Fsp3) is 0.316. The first kappa shape index (κ1) is 15.6. The molecule has 1 saturated heterocycles. The topological polar surface area (TPSA) is 50.4 Å². The highest BCUT2D eigenvalue weighted by Crippen LogP contribution is 2.25. The summed E-state index contributed by atoms with van der Waals surface area (Å²) in [5.74, 6) is 1.66. The van der Waals surface area contributed by atoms with Crippen LogP contribution in [0, 0.1) is 5.92 Å². The third kappa shape index (κ3) is 4.33. The van der Waals surface area contributed by atoms with E-state index in [-0.39, 0.29) is 11.8 Å². The normalized spacial score (nSPS) is 20.7. The highest BCUT2D eigenvalue weighted by Gasteiger charge is 2.24. The first-order valence-corrected chi connectivity index (χ1v) is 8.08. The van der Waals surface area contributed by atoms with E-state index in [1.54, 1.807) is 0 Å². The van der Waals surface area contributed by atoms with Crippen LogP contribution in [0.4, 0.5) is 5.69 Å². The van der Waals surface area contributed by atoms with Crippen LogP contribution in [0.1, 0.15) is 19.8 Å². The largest absolute Gasteiger partial charge is 0.457 e. The standard InChI is InChI=1S/C19H22N2O2/c1-14-12-15(10-11-20-14)19(22)21-16-6-5-9-18(13-16)23-17-7-3-2-4-8-17/h2-9,13-15,20H,10-12H2,1H3,(H,21,22)/t14-,15-/m0/s1. The number of nitrogens with one attached hydrogen (secondary N) is 2. The Kier molecular flexibility index (Phi) is 4.93. The zero-order valence-corrected chi connectivity index (χ0v) is 13.3. The van der Waals surface area contributed by atoms with Crippen molar-refractivity contribution in [2.24, 2.45) is 5.92 Å². The van der Waals surface area contributed by atoms with Gasteiger partial charge in [0.2, 0.25) is 5.91 Å². The SMILES string of the molecule is C[C@H]1C[C@@H](C(=O)Nc2cccc(Oc3ccccc3)c2)CCN1. The van der Waals surface area contributed by atoms with Gasteiger partial charge in [0.05, 0.1) is 0 Å². The van der Waals surface area contributed by atoms with Gasteiger partial charge < -0.3 is 15.4 Å². The monoisotopic (exact) mass is 310 g/mol. The van der Waals surface area contributed by atoms with Gasteiger partial charge in [-0.3, -0.25) is 4.79 Å². The molecule has 1 aliphatic heterocycles. The molecule has 0 spiro atoms. The van der Waals surface area contributed by atoms with Gasteiger partial charge in [0, 0.05) is 23.7 Å². The number of carbonyl (C=O) groups is 1. The van der Waals surface area contributed by atoms with Crippen molar-refractivity contribution in [1.82, 2.24) is 5.32 Å². The molecule has 2 N–H and O–H groups in total. The molecule has 1 heterocycles. The first-order valence-electron chi connectivity index (χ1n) is 8.08.